The number of urea groups is 1. The van der Waals surface area contributed by atoms with E-state index in [2.05, 4.69) is 16.0 Å². The first-order chi connectivity index (χ1) is 10.2. The van der Waals surface area contributed by atoms with Crippen molar-refractivity contribution in [1.82, 2.24) is 16.0 Å². The molecule has 5 nitrogen and oxygen atoms in total. The third kappa shape index (κ3) is 3.07. The van der Waals surface area contributed by atoms with Crippen LogP contribution in [0.5, 0.6) is 0 Å². The SMILES string of the molecule is O=C1NC(=O)[C@@]2(CCC[C@H]2CNC2CCCCCCC2)N1. The summed E-state index contributed by atoms with van der Waals surface area (Å²) in [7, 11) is 0. The van der Waals surface area contributed by atoms with E-state index < -0.39 is 5.54 Å². The molecule has 2 saturated carbocycles. The van der Waals surface area contributed by atoms with Gasteiger partial charge in [0.1, 0.15) is 5.54 Å². The van der Waals surface area contributed by atoms with Gasteiger partial charge in [0.25, 0.3) is 5.91 Å². The lowest BCUT2D eigenvalue weighted by molar-refractivity contribution is -0.125. The average Bonchev–Trinajstić information content (AvgIpc) is 2.93. The highest BCUT2D eigenvalue weighted by Crippen LogP contribution is 2.37. The third-order valence-electron chi connectivity index (χ3n) is 5.55. The molecule has 1 saturated heterocycles. The minimum absolute atomic E-state index is 0.116. The summed E-state index contributed by atoms with van der Waals surface area (Å²) in [5.74, 6) is 0.115. The van der Waals surface area contributed by atoms with E-state index in [1.54, 1.807) is 0 Å². The predicted molar refractivity (Wildman–Crippen MR) is 80.9 cm³/mol. The molecule has 0 unspecified atom stereocenters. The molecular formula is C16H27N3O2. The number of carbonyl (C=O) groups is 2. The van der Waals surface area contributed by atoms with Gasteiger partial charge in [-0.3, -0.25) is 10.1 Å². The third-order valence-corrected chi connectivity index (χ3v) is 5.55. The summed E-state index contributed by atoms with van der Waals surface area (Å²) in [5, 5.41) is 9.01. The minimum atomic E-state index is -0.633. The van der Waals surface area contributed by atoms with E-state index in [-0.39, 0.29) is 17.9 Å². The van der Waals surface area contributed by atoms with Crippen molar-refractivity contribution >= 4 is 11.9 Å². The zero-order valence-electron chi connectivity index (χ0n) is 12.7. The first kappa shape index (κ1) is 14.8. The maximum atomic E-state index is 12.1. The van der Waals surface area contributed by atoms with Crippen LogP contribution in [0.3, 0.4) is 0 Å². The molecule has 5 heteroatoms. The fraction of sp³-hybridized carbons (Fsp3) is 0.875. The van der Waals surface area contributed by atoms with Gasteiger partial charge in [-0.1, -0.05) is 38.5 Å². The Balaban J connectivity index is 1.56. The molecule has 3 aliphatic rings. The summed E-state index contributed by atoms with van der Waals surface area (Å²) >= 11 is 0. The van der Waals surface area contributed by atoms with Crippen molar-refractivity contribution < 1.29 is 9.59 Å². The molecule has 21 heavy (non-hydrogen) atoms. The van der Waals surface area contributed by atoms with Crippen molar-refractivity contribution in [3.8, 4) is 0 Å². The molecule has 3 amide bonds. The minimum Gasteiger partial charge on any atom is -0.323 e. The summed E-state index contributed by atoms with van der Waals surface area (Å²) in [6.45, 7) is 0.846. The quantitative estimate of drug-likeness (QED) is 0.698. The standard InChI is InChI=1S/C16H27N3O2/c20-14-16(19-15(21)18-14)10-6-7-12(16)11-17-13-8-4-2-1-3-5-9-13/h12-13,17H,1-11H2,(H2,18,19,20,21)/t12-,16-/m0/s1. The van der Waals surface area contributed by atoms with Crippen LogP contribution >= 0.6 is 0 Å². The van der Waals surface area contributed by atoms with Crippen LogP contribution in [0.4, 0.5) is 4.79 Å². The highest BCUT2D eigenvalue weighted by molar-refractivity contribution is 6.07. The molecular weight excluding hydrogens is 266 g/mol. The van der Waals surface area contributed by atoms with Crippen LogP contribution in [0.25, 0.3) is 0 Å². The molecule has 118 valence electrons. The number of rotatable bonds is 3. The van der Waals surface area contributed by atoms with Crippen molar-refractivity contribution in [3.63, 3.8) is 0 Å². The Labute approximate surface area is 126 Å². The predicted octanol–water partition coefficient (Wildman–Crippen LogP) is 2.07. The van der Waals surface area contributed by atoms with Crippen LogP contribution in [0.2, 0.25) is 0 Å². The van der Waals surface area contributed by atoms with Gasteiger partial charge in [-0.25, -0.2) is 4.79 Å². The zero-order valence-corrected chi connectivity index (χ0v) is 12.7. The molecule has 0 aromatic carbocycles. The van der Waals surface area contributed by atoms with E-state index >= 15 is 0 Å². The van der Waals surface area contributed by atoms with Crippen LogP contribution in [-0.2, 0) is 4.79 Å². The van der Waals surface area contributed by atoms with Crippen LogP contribution in [0.15, 0.2) is 0 Å². The van der Waals surface area contributed by atoms with Crippen LogP contribution in [0.1, 0.15) is 64.2 Å². The van der Waals surface area contributed by atoms with Gasteiger partial charge >= 0.3 is 6.03 Å². The first-order valence-electron chi connectivity index (χ1n) is 8.58. The van der Waals surface area contributed by atoms with E-state index in [9.17, 15) is 9.59 Å². The summed E-state index contributed by atoms with van der Waals surface area (Å²) < 4.78 is 0. The first-order valence-corrected chi connectivity index (χ1v) is 8.58. The lowest BCUT2D eigenvalue weighted by Crippen LogP contribution is -2.53. The Morgan fingerprint density at radius 1 is 1.00 bits per heavy atom. The van der Waals surface area contributed by atoms with E-state index in [4.69, 9.17) is 0 Å². The van der Waals surface area contributed by atoms with Gasteiger partial charge in [0.15, 0.2) is 0 Å². The molecule has 3 fully saturated rings. The molecule has 0 radical (unpaired) electrons. The van der Waals surface area contributed by atoms with Crippen molar-refractivity contribution in [2.24, 2.45) is 5.92 Å². The maximum absolute atomic E-state index is 12.1. The van der Waals surface area contributed by atoms with Gasteiger partial charge in [0.05, 0.1) is 0 Å². The number of carbonyl (C=O) groups excluding carboxylic acids is 2. The number of nitrogens with one attached hydrogen (secondary N) is 3. The van der Waals surface area contributed by atoms with Crippen LogP contribution in [0, 0.1) is 5.92 Å². The fourth-order valence-electron chi connectivity index (χ4n) is 4.29. The van der Waals surface area contributed by atoms with Gasteiger partial charge < -0.3 is 10.6 Å². The van der Waals surface area contributed by atoms with Gasteiger partial charge in [-0.15, -0.1) is 0 Å². The average molecular weight is 293 g/mol. The van der Waals surface area contributed by atoms with E-state index in [0.717, 1.165) is 25.8 Å². The van der Waals surface area contributed by atoms with Crippen molar-refractivity contribution in [3.05, 3.63) is 0 Å². The summed E-state index contributed by atoms with van der Waals surface area (Å²) in [6.07, 6.45) is 12.0. The summed E-state index contributed by atoms with van der Waals surface area (Å²) in [5.41, 5.74) is -0.633. The van der Waals surface area contributed by atoms with Gasteiger partial charge in [-0.2, -0.15) is 0 Å². The van der Waals surface area contributed by atoms with Crippen molar-refractivity contribution in [1.29, 1.82) is 0 Å². The van der Waals surface area contributed by atoms with Crippen LogP contribution < -0.4 is 16.0 Å². The fourth-order valence-corrected chi connectivity index (χ4v) is 4.29. The van der Waals surface area contributed by atoms with E-state index in [1.165, 1.54) is 44.9 Å². The number of hydrogen-bond acceptors (Lipinski definition) is 3. The Bertz CT molecular complexity index is 404. The van der Waals surface area contributed by atoms with Gasteiger partial charge in [0.2, 0.25) is 0 Å². The highest BCUT2D eigenvalue weighted by atomic mass is 16.2. The second-order valence-electron chi connectivity index (χ2n) is 6.92. The zero-order chi connectivity index (χ0) is 14.7. The van der Waals surface area contributed by atoms with Gasteiger partial charge in [0, 0.05) is 18.5 Å². The van der Waals surface area contributed by atoms with Crippen LogP contribution in [-0.4, -0.2) is 30.1 Å². The molecule has 1 aliphatic heterocycles. The molecule has 0 aromatic heterocycles. The lowest BCUT2D eigenvalue weighted by Gasteiger charge is -2.30. The number of imide groups is 1. The smallest absolute Gasteiger partial charge is 0.322 e. The Hall–Kier alpha value is -1.10. The van der Waals surface area contributed by atoms with Gasteiger partial charge in [-0.05, 0) is 25.7 Å². The Morgan fingerprint density at radius 3 is 2.38 bits per heavy atom. The molecule has 1 spiro atoms. The molecule has 2 atom stereocenters. The largest absolute Gasteiger partial charge is 0.323 e. The van der Waals surface area contributed by atoms with E-state index in [0.29, 0.717) is 6.04 Å². The second-order valence-corrected chi connectivity index (χ2v) is 6.92. The number of hydrogen-bond donors (Lipinski definition) is 3. The Kier molecular flexibility index (Phi) is 4.48. The molecule has 0 aromatic rings. The summed E-state index contributed by atoms with van der Waals surface area (Å²) in [6, 6.07) is 0.265. The van der Waals surface area contributed by atoms with Crippen molar-refractivity contribution in [2.75, 3.05) is 6.54 Å². The summed E-state index contributed by atoms with van der Waals surface area (Å²) in [4.78, 5) is 23.6. The van der Waals surface area contributed by atoms with E-state index in [1.807, 2.05) is 0 Å². The molecule has 3 rings (SSSR count). The van der Waals surface area contributed by atoms with Crippen molar-refractivity contribution in [2.45, 2.75) is 75.8 Å². The lowest BCUT2D eigenvalue weighted by atomic mass is 9.86. The molecule has 3 N–H and O–H groups in total. The second kappa shape index (κ2) is 6.34. The normalized spacial score (nSPS) is 34.6. The Morgan fingerprint density at radius 2 is 1.71 bits per heavy atom. The maximum Gasteiger partial charge on any atom is 0.322 e. The monoisotopic (exact) mass is 293 g/mol. The number of amides is 3. The molecule has 2 aliphatic carbocycles. The topological polar surface area (TPSA) is 70.2 Å². The molecule has 1 heterocycles. The highest BCUT2D eigenvalue weighted by Gasteiger charge is 2.54. The molecule has 0 bridgehead atoms.